The minimum Gasteiger partial charge on any atom is -0.475 e. The third kappa shape index (κ3) is 4.73. The molecule has 1 aromatic carbocycles. The van der Waals surface area contributed by atoms with Crippen molar-refractivity contribution in [2.45, 2.75) is 0 Å². The largest absolute Gasteiger partial charge is 0.475 e. The predicted molar refractivity (Wildman–Crippen MR) is 113 cm³/mol. The summed E-state index contributed by atoms with van der Waals surface area (Å²) < 4.78 is 15.7. The van der Waals surface area contributed by atoms with Gasteiger partial charge >= 0.3 is 0 Å². The summed E-state index contributed by atoms with van der Waals surface area (Å²) in [7, 11) is 3.44. The highest BCUT2D eigenvalue weighted by Crippen LogP contribution is 2.24. The van der Waals surface area contributed by atoms with Crippen LogP contribution in [0.15, 0.2) is 53.2 Å². The van der Waals surface area contributed by atoms with Crippen molar-refractivity contribution in [3.8, 4) is 29.0 Å². The zero-order valence-corrected chi connectivity index (χ0v) is 17.0. The van der Waals surface area contributed by atoms with E-state index in [0.717, 1.165) is 5.69 Å². The SMILES string of the molecule is COCCOc1ccc(-c2nc(-c3nc(N)nc(N(C)c4ccccc4)n3)no2)cn1. The molecule has 158 valence electrons. The van der Waals surface area contributed by atoms with Crippen molar-refractivity contribution < 1.29 is 14.0 Å². The molecule has 0 aliphatic rings. The number of anilines is 3. The van der Waals surface area contributed by atoms with E-state index < -0.39 is 0 Å². The summed E-state index contributed by atoms with van der Waals surface area (Å²) in [5, 5.41) is 3.97. The van der Waals surface area contributed by atoms with Gasteiger partial charge in [0.05, 0.1) is 12.2 Å². The Morgan fingerprint density at radius 3 is 2.55 bits per heavy atom. The number of methoxy groups -OCH3 is 1. The third-order valence-electron chi connectivity index (χ3n) is 4.23. The van der Waals surface area contributed by atoms with Crippen molar-refractivity contribution in [3.63, 3.8) is 0 Å². The number of aromatic nitrogens is 6. The van der Waals surface area contributed by atoms with Gasteiger partial charge in [0.2, 0.25) is 29.4 Å². The van der Waals surface area contributed by atoms with Gasteiger partial charge in [-0.05, 0) is 18.2 Å². The van der Waals surface area contributed by atoms with Gasteiger partial charge in [0.1, 0.15) is 6.61 Å². The predicted octanol–water partition coefficient (Wildman–Crippen LogP) is 2.36. The number of benzene rings is 1. The lowest BCUT2D eigenvalue weighted by Gasteiger charge is -2.17. The fraction of sp³-hybridized carbons (Fsp3) is 0.200. The second kappa shape index (κ2) is 9.13. The second-order valence-electron chi connectivity index (χ2n) is 6.36. The molecule has 0 aliphatic carbocycles. The summed E-state index contributed by atoms with van der Waals surface area (Å²) in [6, 6.07) is 13.1. The number of rotatable bonds is 8. The molecule has 11 heteroatoms. The standard InChI is InChI=1S/C20H20N8O3/c1-28(14-6-4-3-5-7-14)20-25-16(24-19(21)26-20)17-23-18(31-27-17)13-8-9-15(22-12-13)30-11-10-29-2/h3-9,12H,10-11H2,1-2H3,(H2,21,24,25,26). The fourth-order valence-electron chi connectivity index (χ4n) is 2.65. The van der Waals surface area contributed by atoms with Crippen LogP contribution in [0.5, 0.6) is 5.88 Å². The molecule has 0 atom stereocenters. The number of pyridine rings is 1. The average Bonchev–Trinajstić information content (AvgIpc) is 3.30. The molecule has 0 spiro atoms. The summed E-state index contributed by atoms with van der Waals surface area (Å²) in [6.07, 6.45) is 1.58. The third-order valence-corrected chi connectivity index (χ3v) is 4.23. The van der Waals surface area contributed by atoms with Crippen molar-refractivity contribution in [2.75, 3.05) is 38.0 Å². The van der Waals surface area contributed by atoms with Crippen LogP contribution in [0.1, 0.15) is 0 Å². The van der Waals surface area contributed by atoms with Crippen LogP contribution >= 0.6 is 0 Å². The van der Waals surface area contributed by atoms with E-state index in [1.807, 2.05) is 37.4 Å². The van der Waals surface area contributed by atoms with E-state index in [1.54, 1.807) is 30.3 Å². The summed E-state index contributed by atoms with van der Waals surface area (Å²) in [5.74, 6) is 1.54. The summed E-state index contributed by atoms with van der Waals surface area (Å²) in [5.41, 5.74) is 7.41. The van der Waals surface area contributed by atoms with Crippen LogP contribution in [-0.2, 0) is 4.74 Å². The van der Waals surface area contributed by atoms with Crippen molar-refractivity contribution >= 4 is 17.6 Å². The zero-order valence-electron chi connectivity index (χ0n) is 17.0. The molecule has 4 aromatic rings. The van der Waals surface area contributed by atoms with Crippen molar-refractivity contribution in [1.82, 2.24) is 30.1 Å². The summed E-state index contributed by atoms with van der Waals surface area (Å²) in [6.45, 7) is 0.890. The molecule has 3 aromatic heterocycles. The Balaban J connectivity index is 1.56. The monoisotopic (exact) mass is 420 g/mol. The van der Waals surface area contributed by atoms with Crippen LogP contribution in [-0.4, -0.2) is 57.4 Å². The van der Waals surface area contributed by atoms with Crippen molar-refractivity contribution in [1.29, 1.82) is 0 Å². The molecule has 4 rings (SSSR count). The van der Waals surface area contributed by atoms with E-state index in [4.69, 9.17) is 19.7 Å². The second-order valence-corrected chi connectivity index (χ2v) is 6.36. The van der Waals surface area contributed by atoms with Crippen molar-refractivity contribution in [3.05, 3.63) is 48.7 Å². The topological polar surface area (TPSA) is 138 Å². The van der Waals surface area contributed by atoms with Gasteiger partial charge in [-0.2, -0.15) is 19.9 Å². The lowest BCUT2D eigenvalue weighted by atomic mass is 10.3. The maximum atomic E-state index is 5.89. The first-order chi connectivity index (χ1) is 15.1. The zero-order chi connectivity index (χ0) is 21.6. The molecule has 0 fully saturated rings. The summed E-state index contributed by atoms with van der Waals surface area (Å²) in [4.78, 5) is 23.1. The first-order valence-corrected chi connectivity index (χ1v) is 9.36. The molecule has 3 heterocycles. The Hall–Kier alpha value is -4.12. The molecule has 0 bridgehead atoms. The lowest BCUT2D eigenvalue weighted by Crippen LogP contribution is -2.15. The van der Waals surface area contributed by atoms with Crippen LogP contribution in [0, 0.1) is 0 Å². The smallest absolute Gasteiger partial charge is 0.259 e. The lowest BCUT2D eigenvalue weighted by molar-refractivity contribution is 0.144. The van der Waals surface area contributed by atoms with Gasteiger partial charge in [0.25, 0.3) is 5.89 Å². The minimum atomic E-state index is 0.0494. The molecule has 0 radical (unpaired) electrons. The number of nitrogen functional groups attached to an aromatic ring is 1. The Morgan fingerprint density at radius 2 is 1.81 bits per heavy atom. The Kier molecular flexibility index (Phi) is 5.94. The molecule has 2 N–H and O–H groups in total. The first kappa shape index (κ1) is 20.2. The average molecular weight is 420 g/mol. The molecule has 0 amide bonds. The number of para-hydroxylation sites is 1. The Morgan fingerprint density at radius 1 is 0.968 bits per heavy atom. The van der Waals surface area contributed by atoms with Crippen LogP contribution in [0.4, 0.5) is 17.6 Å². The molecule has 11 nitrogen and oxygen atoms in total. The maximum absolute atomic E-state index is 5.89. The van der Waals surface area contributed by atoms with Crippen LogP contribution < -0.4 is 15.4 Å². The van der Waals surface area contributed by atoms with E-state index in [0.29, 0.717) is 30.6 Å². The highest BCUT2D eigenvalue weighted by Gasteiger charge is 2.17. The molecular formula is C20H20N8O3. The van der Waals surface area contributed by atoms with Gasteiger partial charge in [0, 0.05) is 32.1 Å². The van der Waals surface area contributed by atoms with Gasteiger partial charge in [-0.15, -0.1) is 0 Å². The number of ether oxygens (including phenoxy) is 2. The van der Waals surface area contributed by atoms with E-state index in [2.05, 4.69) is 30.1 Å². The van der Waals surface area contributed by atoms with Crippen LogP contribution in [0.3, 0.4) is 0 Å². The minimum absolute atomic E-state index is 0.0494. The highest BCUT2D eigenvalue weighted by molar-refractivity contribution is 5.60. The van der Waals surface area contributed by atoms with E-state index in [-0.39, 0.29) is 23.5 Å². The van der Waals surface area contributed by atoms with Gasteiger partial charge in [-0.25, -0.2) is 4.98 Å². The number of nitrogens with zero attached hydrogens (tertiary/aromatic N) is 7. The maximum Gasteiger partial charge on any atom is 0.259 e. The molecular weight excluding hydrogens is 400 g/mol. The van der Waals surface area contributed by atoms with Crippen LogP contribution in [0.25, 0.3) is 23.1 Å². The number of hydrogen-bond acceptors (Lipinski definition) is 11. The van der Waals surface area contributed by atoms with Crippen LogP contribution in [0.2, 0.25) is 0 Å². The molecule has 0 aliphatic heterocycles. The molecule has 0 saturated carbocycles. The quantitative estimate of drug-likeness (QED) is 0.420. The van der Waals surface area contributed by atoms with Gasteiger partial charge in [0.15, 0.2) is 0 Å². The van der Waals surface area contributed by atoms with E-state index in [9.17, 15) is 0 Å². The molecule has 0 unspecified atom stereocenters. The van der Waals surface area contributed by atoms with E-state index >= 15 is 0 Å². The van der Waals surface area contributed by atoms with Gasteiger partial charge < -0.3 is 24.6 Å². The van der Waals surface area contributed by atoms with Crippen molar-refractivity contribution in [2.24, 2.45) is 0 Å². The first-order valence-electron chi connectivity index (χ1n) is 9.36. The fourth-order valence-corrected chi connectivity index (χ4v) is 2.65. The normalized spacial score (nSPS) is 10.8. The summed E-state index contributed by atoms with van der Waals surface area (Å²) >= 11 is 0. The number of hydrogen-bond donors (Lipinski definition) is 1. The Bertz CT molecular complexity index is 1130. The Labute approximate surface area is 177 Å². The molecule has 0 saturated heterocycles. The highest BCUT2D eigenvalue weighted by atomic mass is 16.5. The van der Waals surface area contributed by atoms with Gasteiger partial charge in [-0.3, -0.25) is 0 Å². The van der Waals surface area contributed by atoms with E-state index in [1.165, 1.54) is 0 Å². The molecule has 31 heavy (non-hydrogen) atoms. The van der Waals surface area contributed by atoms with Gasteiger partial charge in [-0.1, -0.05) is 23.4 Å². The number of nitrogens with two attached hydrogens (primary N) is 1.